The van der Waals surface area contributed by atoms with Gasteiger partial charge in [0.15, 0.2) is 0 Å². The Hall–Kier alpha value is -2.19. The molecule has 0 saturated carbocycles. The summed E-state index contributed by atoms with van der Waals surface area (Å²) in [4.78, 5) is 44.6. The number of likely N-dealkylation sites (N-methyl/N-ethyl adjacent to an activating group) is 1. The maximum atomic E-state index is 12.6. The summed E-state index contributed by atoms with van der Waals surface area (Å²) in [6, 6.07) is 3.19. The number of carbonyl (C=O) groups is 3. The Morgan fingerprint density at radius 2 is 2.21 bits per heavy atom. The number of aromatic nitrogens is 1. The van der Waals surface area contributed by atoms with Crippen molar-refractivity contribution in [3.8, 4) is 0 Å². The average molecular weight is 354 g/mol. The number of carbonyl (C=O) groups excluding carboxylic acids is 3. The molecule has 0 aromatic carbocycles. The van der Waals surface area contributed by atoms with E-state index in [9.17, 15) is 14.4 Å². The predicted molar refractivity (Wildman–Crippen MR) is 88.5 cm³/mol. The van der Waals surface area contributed by atoms with Crippen molar-refractivity contribution in [1.29, 1.82) is 0 Å². The van der Waals surface area contributed by atoms with Crippen molar-refractivity contribution in [2.75, 3.05) is 39.8 Å². The third kappa shape index (κ3) is 3.49. The molecule has 8 nitrogen and oxygen atoms in total. The van der Waals surface area contributed by atoms with Crippen LogP contribution in [-0.4, -0.2) is 77.3 Å². The number of rotatable bonds is 3. The van der Waals surface area contributed by atoms with Gasteiger partial charge in [-0.2, -0.15) is 0 Å². The van der Waals surface area contributed by atoms with Gasteiger partial charge in [0.05, 0.1) is 6.04 Å². The molecule has 0 bridgehead atoms. The maximum absolute atomic E-state index is 12.6. The first-order chi connectivity index (χ1) is 11.1. The van der Waals surface area contributed by atoms with Crippen LogP contribution >= 0.6 is 12.4 Å². The summed E-state index contributed by atoms with van der Waals surface area (Å²) >= 11 is 0. The quantitative estimate of drug-likeness (QED) is 0.765. The highest BCUT2D eigenvalue weighted by atomic mass is 35.5. The second kappa shape index (κ2) is 7.59. The summed E-state index contributed by atoms with van der Waals surface area (Å²) < 4.78 is 0. The normalized spacial score (nSPS) is 21.0. The van der Waals surface area contributed by atoms with Crippen molar-refractivity contribution in [2.45, 2.75) is 6.04 Å². The van der Waals surface area contributed by atoms with Gasteiger partial charge in [-0.05, 0) is 11.6 Å². The smallest absolute Gasteiger partial charge is 0.327 e. The Morgan fingerprint density at radius 3 is 2.83 bits per heavy atom. The third-order valence-electron chi connectivity index (χ3n) is 4.16. The Morgan fingerprint density at radius 1 is 1.42 bits per heavy atom. The summed E-state index contributed by atoms with van der Waals surface area (Å²) in [5.74, 6) is -0.559. The van der Waals surface area contributed by atoms with Gasteiger partial charge in [-0.25, -0.2) is 4.79 Å². The molecule has 1 aromatic heterocycles. The molecule has 130 valence electrons. The molecule has 1 atom stereocenters. The lowest BCUT2D eigenvalue weighted by atomic mass is 10.1. The summed E-state index contributed by atoms with van der Waals surface area (Å²) in [5.41, 5.74) is 0.934. The summed E-state index contributed by atoms with van der Waals surface area (Å²) in [6.45, 7) is 1.66. The number of hydrogen-bond donors (Lipinski definition) is 1. The van der Waals surface area contributed by atoms with Crippen LogP contribution in [0.4, 0.5) is 4.79 Å². The number of piperazine rings is 1. The van der Waals surface area contributed by atoms with Crippen LogP contribution in [0.2, 0.25) is 0 Å². The van der Waals surface area contributed by atoms with Gasteiger partial charge in [-0.3, -0.25) is 19.5 Å². The summed E-state index contributed by atoms with van der Waals surface area (Å²) in [6.07, 6.45) is 3.42. The molecule has 0 spiro atoms. The second-order valence-electron chi connectivity index (χ2n) is 5.71. The number of pyridine rings is 1. The SMILES string of the molecule is CN1CC(=O)N(CC(=O)N2CCNCC2c2cccnc2)C1=O.Cl. The zero-order valence-corrected chi connectivity index (χ0v) is 14.2. The molecule has 0 radical (unpaired) electrons. The number of nitrogens with zero attached hydrogens (tertiary/aromatic N) is 4. The van der Waals surface area contributed by atoms with Gasteiger partial charge in [0, 0.05) is 39.1 Å². The molecular weight excluding hydrogens is 334 g/mol. The zero-order valence-electron chi connectivity index (χ0n) is 13.3. The van der Waals surface area contributed by atoms with E-state index in [0.29, 0.717) is 19.6 Å². The highest BCUT2D eigenvalue weighted by Gasteiger charge is 2.37. The monoisotopic (exact) mass is 353 g/mol. The number of halogens is 1. The van der Waals surface area contributed by atoms with Crippen LogP contribution < -0.4 is 5.32 Å². The molecular formula is C15H20ClN5O3. The van der Waals surface area contributed by atoms with Crippen molar-refractivity contribution in [1.82, 2.24) is 25.0 Å². The van der Waals surface area contributed by atoms with E-state index in [2.05, 4.69) is 10.3 Å². The molecule has 1 N–H and O–H groups in total. The largest absolute Gasteiger partial charge is 0.331 e. The minimum Gasteiger partial charge on any atom is -0.331 e. The Labute approximate surface area is 146 Å². The van der Waals surface area contributed by atoms with Crippen LogP contribution in [0, 0.1) is 0 Å². The molecule has 4 amide bonds. The number of amides is 4. The highest BCUT2D eigenvalue weighted by Crippen LogP contribution is 2.22. The van der Waals surface area contributed by atoms with Crippen molar-refractivity contribution in [3.63, 3.8) is 0 Å². The van der Waals surface area contributed by atoms with Crippen LogP contribution in [-0.2, 0) is 9.59 Å². The molecule has 9 heteroatoms. The molecule has 0 aliphatic carbocycles. The molecule has 2 aliphatic heterocycles. The minimum atomic E-state index is -0.420. The number of hydrogen-bond acceptors (Lipinski definition) is 5. The number of imide groups is 1. The van der Waals surface area contributed by atoms with Gasteiger partial charge in [-0.15, -0.1) is 12.4 Å². The van der Waals surface area contributed by atoms with Crippen molar-refractivity contribution in [2.24, 2.45) is 0 Å². The molecule has 2 aliphatic rings. The predicted octanol–water partition coefficient (Wildman–Crippen LogP) is -0.130. The van der Waals surface area contributed by atoms with Gasteiger partial charge in [0.2, 0.25) is 5.91 Å². The highest BCUT2D eigenvalue weighted by molar-refractivity contribution is 6.04. The summed E-state index contributed by atoms with van der Waals surface area (Å²) in [7, 11) is 1.55. The molecule has 1 aromatic rings. The van der Waals surface area contributed by atoms with E-state index in [1.165, 1.54) is 4.90 Å². The fraction of sp³-hybridized carbons (Fsp3) is 0.467. The molecule has 3 rings (SSSR count). The molecule has 2 saturated heterocycles. The maximum Gasteiger partial charge on any atom is 0.327 e. The molecule has 1 unspecified atom stereocenters. The van der Waals surface area contributed by atoms with E-state index in [4.69, 9.17) is 0 Å². The number of nitrogens with one attached hydrogen (secondary N) is 1. The summed E-state index contributed by atoms with van der Waals surface area (Å²) in [5, 5.41) is 3.26. The first-order valence-corrected chi connectivity index (χ1v) is 7.53. The van der Waals surface area contributed by atoms with E-state index in [1.807, 2.05) is 12.1 Å². The lowest BCUT2D eigenvalue weighted by Crippen LogP contribution is -2.52. The third-order valence-corrected chi connectivity index (χ3v) is 4.16. The Balaban J connectivity index is 0.00000208. The van der Waals surface area contributed by atoms with Crippen LogP contribution in [0.5, 0.6) is 0 Å². The van der Waals surface area contributed by atoms with Gasteiger partial charge in [0.1, 0.15) is 13.1 Å². The fourth-order valence-electron chi connectivity index (χ4n) is 2.92. The van der Waals surface area contributed by atoms with Crippen LogP contribution in [0.15, 0.2) is 24.5 Å². The lowest BCUT2D eigenvalue weighted by Gasteiger charge is -2.37. The van der Waals surface area contributed by atoms with Crippen molar-refractivity contribution in [3.05, 3.63) is 30.1 Å². The van der Waals surface area contributed by atoms with Crippen LogP contribution in [0.25, 0.3) is 0 Å². The van der Waals surface area contributed by atoms with E-state index in [-0.39, 0.29) is 43.4 Å². The standard InChI is InChI=1S/C15H19N5O3.ClH/c1-18-9-13(21)20(15(18)23)10-14(22)19-6-5-17-8-12(19)11-3-2-4-16-7-11;/h2-4,7,12,17H,5-6,8-10H2,1H3;1H. The topological polar surface area (TPSA) is 85.8 Å². The lowest BCUT2D eigenvalue weighted by molar-refractivity contribution is -0.139. The number of urea groups is 1. The van der Waals surface area contributed by atoms with Gasteiger partial charge in [-0.1, -0.05) is 6.07 Å². The Kier molecular flexibility index (Phi) is 5.74. The van der Waals surface area contributed by atoms with Gasteiger partial charge < -0.3 is 15.1 Å². The van der Waals surface area contributed by atoms with E-state index < -0.39 is 6.03 Å². The van der Waals surface area contributed by atoms with E-state index >= 15 is 0 Å². The van der Waals surface area contributed by atoms with Crippen LogP contribution in [0.1, 0.15) is 11.6 Å². The van der Waals surface area contributed by atoms with Gasteiger partial charge >= 0.3 is 6.03 Å². The first kappa shape index (κ1) is 18.2. The molecule has 24 heavy (non-hydrogen) atoms. The van der Waals surface area contributed by atoms with E-state index in [0.717, 1.165) is 10.5 Å². The zero-order chi connectivity index (χ0) is 16.4. The van der Waals surface area contributed by atoms with Crippen LogP contribution in [0.3, 0.4) is 0 Å². The first-order valence-electron chi connectivity index (χ1n) is 7.53. The molecule has 2 fully saturated rings. The second-order valence-corrected chi connectivity index (χ2v) is 5.71. The minimum absolute atomic E-state index is 0. The van der Waals surface area contributed by atoms with Crippen molar-refractivity contribution >= 4 is 30.3 Å². The fourth-order valence-corrected chi connectivity index (χ4v) is 2.92. The molecule has 3 heterocycles. The average Bonchev–Trinajstić information content (AvgIpc) is 2.82. The van der Waals surface area contributed by atoms with Gasteiger partial charge in [0.25, 0.3) is 5.91 Å². The van der Waals surface area contributed by atoms with Crippen molar-refractivity contribution < 1.29 is 14.4 Å². The Bertz CT molecular complexity index is 627. The van der Waals surface area contributed by atoms with E-state index in [1.54, 1.807) is 24.3 Å².